The molecule has 0 aromatic heterocycles. The number of hydrogen-bond donors (Lipinski definition) is 0. The maximum atomic E-state index is 5.88. The molecule has 1 aliphatic heterocycles. The summed E-state index contributed by atoms with van der Waals surface area (Å²) in [5.74, 6) is 2.19. The molecule has 3 aliphatic rings. The Hall–Kier alpha value is -0.340. The van der Waals surface area contributed by atoms with Crippen LogP contribution in [0.4, 0.5) is 0 Å². The summed E-state index contributed by atoms with van der Waals surface area (Å²) in [7, 11) is 0. The average Bonchev–Trinajstić information content (AvgIpc) is 2.86. The van der Waals surface area contributed by atoms with E-state index in [9.17, 15) is 0 Å². The van der Waals surface area contributed by atoms with Crippen molar-refractivity contribution >= 4 is 0 Å². The van der Waals surface area contributed by atoms with Gasteiger partial charge in [-0.1, -0.05) is 39.8 Å². The Morgan fingerprint density at radius 1 is 1.12 bits per heavy atom. The summed E-state index contributed by atoms with van der Waals surface area (Å²) in [5.41, 5.74) is 1.43. The van der Waals surface area contributed by atoms with Crippen LogP contribution in [0, 0.1) is 23.7 Å². The molecule has 3 rings (SSSR count). The minimum Gasteiger partial charge on any atom is -0.347 e. The highest BCUT2D eigenvalue weighted by Gasteiger charge is 2.65. The minimum atomic E-state index is -0.228. The third-order valence-electron chi connectivity index (χ3n) is 4.83. The minimum absolute atomic E-state index is 0.228. The van der Waals surface area contributed by atoms with Crippen LogP contribution < -0.4 is 0 Å². The van der Waals surface area contributed by atoms with Gasteiger partial charge in [-0.2, -0.15) is 0 Å². The normalized spacial score (nSPS) is 42.5. The van der Waals surface area contributed by atoms with Crippen molar-refractivity contribution in [3.8, 4) is 0 Å². The summed E-state index contributed by atoms with van der Waals surface area (Å²) < 4.78 is 11.8. The van der Waals surface area contributed by atoms with Gasteiger partial charge in [-0.3, -0.25) is 0 Å². The first-order valence-corrected chi connectivity index (χ1v) is 7.13. The summed E-state index contributed by atoms with van der Waals surface area (Å²) in [4.78, 5) is 0. The number of rotatable bonds is 0. The van der Waals surface area contributed by atoms with E-state index < -0.39 is 0 Å². The largest absolute Gasteiger partial charge is 0.347 e. The third-order valence-corrected chi connectivity index (χ3v) is 4.83. The Bertz CT molecular complexity index is 291. The number of allylic oxidation sites excluding steroid dienone is 1. The lowest BCUT2D eigenvalue weighted by Crippen LogP contribution is -2.64. The molecule has 0 aromatic rings. The van der Waals surface area contributed by atoms with Crippen LogP contribution in [-0.4, -0.2) is 19.0 Å². The zero-order valence-electron chi connectivity index (χ0n) is 11.7. The Labute approximate surface area is 105 Å². The highest BCUT2D eigenvalue weighted by Crippen LogP contribution is 2.61. The summed E-state index contributed by atoms with van der Waals surface area (Å²) >= 11 is 0. The standard InChI is InChI=1S/C13H20O2.C2H6/c1-8-4-5-11-12(9(8)2)10(3)13(11)14-6-7-15-13;1-2/h8,10-12H,2,4-7H2,1,3H3;1-2H3/t8?,10-,11+,12+;/m1./s1. The maximum Gasteiger partial charge on any atom is 0.174 e. The summed E-state index contributed by atoms with van der Waals surface area (Å²) in [6.45, 7) is 14.4. The first-order valence-electron chi connectivity index (χ1n) is 7.13. The van der Waals surface area contributed by atoms with Crippen molar-refractivity contribution in [3.05, 3.63) is 12.2 Å². The SMILES string of the molecule is C=C1C(C)CC[C@H]2[C@@H]1[C@@H](C)C21OCCO1.CC. The van der Waals surface area contributed by atoms with Crippen molar-refractivity contribution in [3.63, 3.8) is 0 Å². The second-order valence-corrected chi connectivity index (χ2v) is 5.39. The van der Waals surface area contributed by atoms with Gasteiger partial charge in [-0.15, -0.1) is 0 Å². The monoisotopic (exact) mass is 238 g/mol. The predicted molar refractivity (Wildman–Crippen MR) is 69.7 cm³/mol. The molecule has 1 heterocycles. The van der Waals surface area contributed by atoms with Gasteiger partial charge in [0.05, 0.1) is 13.2 Å². The van der Waals surface area contributed by atoms with Gasteiger partial charge in [0.25, 0.3) is 0 Å². The highest BCUT2D eigenvalue weighted by atomic mass is 16.7. The molecule has 2 nitrogen and oxygen atoms in total. The average molecular weight is 238 g/mol. The summed E-state index contributed by atoms with van der Waals surface area (Å²) in [5, 5.41) is 0. The van der Waals surface area contributed by atoms with Crippen LogP contribution in [0.3, 0.4) is 0 Å². The molecule has 17 heavy (non-hydrogen) atoms. The van der Waals surface area contributed by atoms with Crippen LogP contribution in [0.25, 0.3) is 0 Å². The van der Waals surface area contributed by atoms with Crippen molar-refractivity contribution in [2.45, 2.75) is 46.3 Å². The van der Waals surface area contributed by atoms with Crippen LogP contribution in [0.5, 0.6) is 0 Å². The predicted octanol–water partition coefficient (Wildman–Crippen LogP) is 3.62. The summed E-state index contributed by atoms with van der Waals surface area (Å²) in [6.07, 6.45) is 2.50. The zero-order chi connectivity index (χ0) is 12.6. The molecule has 1 saturated heterocycles. The molecule has 0 aromatic carbocycles. The molecular weight excluding hydrogens is 212 g/mol. The molecule has 2 heteroatoms. The van der Waals surface area contributed by atoms with E-state index in [1.807, 2.05) is 13.8 Å². The van der Waals surface area contributed by atoms with Gasteiger partial charge in [0, 0.05) is 11.8 Å². The van der Waals surface area contributed by atoms with Crippen molar-refractivity contribution in [2.24, 2.45) is 23.7 Å². The Balaban J connectivity index is 0.000000514. The van der Waals surface area contributed by atoms with Gasteiger partial charge in [0.15, 0.2) is 5.79 Å². The van der Waals surface area contributed by atoms with E-state index in [1.54, 1.807) is 0 Å². The third kappa shape index (κ3) is 1.68. The van der Waals surface area contributed by atoms with Crippen LogP contribution in [0.15, 0.2) is 12.2 Å². The van der Waals surface area contributed by atoms with Crippen LogP contribution in [0.1, 0.15) is 40.5 Å². The number of fused-ring (bicyclic) bond motifs is 2. The summed E-state index contributed by atoms with van der Waals surface area (Å²) in [6, 6.07) is 0. The van der Waals surface area contributed by atoms with Crippen molar-refractivity contribution < 1.29 is 9.47 Å². The molecule has 2 aliphatic carbocycles. The van der Waals surface area contributed by atoms with E-state index in [0.717, 1.165) is 13.2 Å². The Morgan fingerprint density at radius 3 is 2.29 bits per heavy atom. The lowest BCUT2D eigenvalue weighted by molar-refractivity contribution is -0.314. The van der Waals surface area contributed by atoms with Gasteiger partial charge in [-0.25, -0.2) is 0 Å². The van der Waals surface area contributed by atoms with E-state index in [1.165, 1.54) is 18.4 Å². The molecule has 4 atom stereocenters. The molecule has 0 bridgehead atoms. The second-order valence-electron chi connectivity index (χ2n) is 5.39. The molecular formula is C15H26O2. The van der Waals surface area contributed by atoms with Crippen molar-refractivity contribution in [1.82, 2.24) is 0 Å². The van der Waals surface area contributed by atoms with Gasteiger partial charge in [0.2, 0.25) is 0 Å². The first kappa shape index (κ1) is 13.1. The first-order chi connectivity index (χ1) is 8.17. The Morgan fingerprint density at radius 2 is 1.71 bits per heavy atom. The van der Waals surface area contributed by atoms with E-state index in [4.69, 9.17) is 9.47 Å². The molecule has 0 N–H and O–H groups in total. The van der Waals surface area contributed by atoms with Crippen molar-refractivity contribution in [2.75, 3.05) is 13.2 Å². The molecule has 0 radical (unpaired) electrons. The van der Waals surface area contributed by atoms with Gasteiger partial charge in [-0.05, 0) is 24.7 Å². The van der Waals surface area contributed by atoms with Gasteiger partial charge >= 0.3 is 0 Å². The molecule has 2 saturated carbocycles. The second kappa shape index (κ2) is 4.74. The van der Waals surface area contributed by atoms with E-state index in [0.29, 0.717) is 23.7 Å². The van der Waals surface area contributed by atoms with Crippen molar-refractivity contribution in [1.29, 1.82) is 0 Å². The lowest BCUT2D eigenvalue weighted by atomic mass is 9.51. The molecule has 1 spiro atoms. The van der Waals surface area contributed by atoms with Crippen LogP contribution in [-0.2, 0) is 9.47 Å². The number of ether oxygens (including phenoxy) is 2. The molecule has 3 fully saturated rings. The van der Waals surface area contributed by atoms with Gasteiger partial charge < -0.3 is 9.47 Å². The molecule has 0 amide bonds. The molecule has 1 unspecified atom stereocenters. The Kier molecular flexibility index (Phi) is 3.65. The van der Waals surface area contributed by atoms with Crippen LogP contribution in [0.2, 0.25) is 0 Å². The smallest absolute Gasteiger partial charge is 0.174 e. The fourth-order valence-corrected chi connectivity index (χ4v) is 3.89. The van der Waals surface area contributed by atoms with Gasteiger partial charge in [0.1, 0.15) is 0 Å². The molecule has 98 valence electrons. The van der Waals surface area contributed by atoms with E-state index in [2.05, 4.69) is 20.4 Å². The fraction of sp³-hybridized carbons (Fsp3) is 0.867. The van der Waals surface area contributed by atoms with Crippen LogP contribution >= 0.6 is 0 Å². The lowest BCUT2D eigenvalue weighted by Gasteiger charge is -2.60. The maximum absolute atomic E-state index is 5.88. The quantitative estimate of drug-likeness (QED) is 0.600. The van der Waals surface area contributed by atoms with E-state index in [-0.39, 0.29) is 5.79 Å². The number of hydrogen-bond acceptors (Lipinski definition) is 2. The topological polar surface area (TPSA) is 18.5 Å². The highest BCUT2D eigenvalue weighted by molar-refractivity contribution is 5.22. The zero-order valence-corrected chi connectivity index (χ0v) is 11.7. The fourth-order valence-electron chi connectivity index (χ4n) is 3.89. The van der Waals surface area contributed by atoms with E-state index >= 15 is 0 Å².